The summed E-state index contributed by atoms with van der Waals surface area (Å²) in [4.78, 5) is 35.1. The molecule has 2 aromatic rings. The van der Waals surface area contributed by atoms with Gasteiger partial charge in [-0.25, -0.2) is 0 Å². The smallest absolute Gasteiger partial charge is 0.269 e. The molecule has 0 aliphatic rings. The third-order valence-corrected chi connectivity index (χ3v) is 3.14. The van der Waals surface area contributed by atoms with Gasteiger partial charge in [-0.15, -0.1) is 0 Å². The molecular formula is C17H17N3O3. The van der Waals surface area contributed by atoms with E-state index in [-0.39, 0.29) is 5.91 Å². The standard InChI is InChI=1S/C17H17N3O3/c1-11-8-9-14(10-15(11)18-12(2)21)17(23)20-19-16(22)13-6-4-3-5-7-13/h3-10H,1-2H3,(H,18,21)(H,19,22)(H,20,23). The quantitative estimate of drug-likeness (QED) is 0.758. The Morgan fingerprint density at radius 1 is 0.826 bits per heavy atom. The minimum absolute atomic E-state index is 0.219. The summed E-state index contributed by atoms with van der Waals surface area (Å²) in [5.74, 6) is -1.10. The van der Waals surface area contributed by atoms with Crippen LogP contribution in [0.3, 0.4) is 0 Å². The van der Waals surface area contributed by atoms with Gasteiger partial charge in [-0.05, 0) is 36.8 Å². The number of anilines is 1. The highest BCUT2D eigenvalue weighted by Crippen LogP contribution is 2.16. The van der Waals surface area contributed by atoms with E-state index in [1.54, 1.807) is 48.5 Å². The first kappa shape index (κ1) is 16.2. The van der Waals surface area contributed by atoms with E-state index in [1.165, 1.54) is 6.92 Å². The maximum Gasteiger partial charge on any atom is 0.269 e. The molecule has 0 fully saturated rings. The second kappa shape index (κ2) is 7.22. The van der Waals surface area contributed by atoms with Crippen molar-refractivity contribution < 1.29 is 14.4 Å². The maximum absolute atomic E-state index is 12.1. The van der Waals surface area contributed by atoms with Crippen LogP contribution < -0.4 is 16.2 Å². The summed E-state index contributed by atoms with van der Waals surface area (Å²) in [6, 6.07) is 13.4. The van der Waals surface area contributed by atoms with E-state index in [2.05, 4.69) is 16.2 Å². The maximum atomic E-state index is 12.1. The first-order valence-corrected chi connectivity index (χ1v) is 7.01. The monoisotopic (exact) mass is 311 g/mol. The van der Waals surface area contributed by atoms with Crippen LogP contribution in [0.2, 0.25) is 0 Å². The summed E-state index contributed by atoms with van der Waals surface area (Å²) in [7, 11) is 0. The Morgan fingerprint density at radius 2 is 1.43 bits per heavy atom. The molecule has 0 saturated carbocycles. The lowest BCUT2D eigenvalue weighted by Gasteiger charge is -2.10. The Bertz CT molecular complexity index is 742. The van der Waals surface area contributed by atoms with Gasteiger partial charge in [0.1, 0.15) is 0 Å². The lowest BCUT2D eigenvalue weighted by Crippen LogP contribution is -2.41. The molecule has 0 aliphatic carbocycles. The van der Waals surface area contributed by atoms with Crippen LogP contribution in [0.1, 0.15) is 33.2 Å². The number of nitrogens with one attached hydrogen (secondary N) is 3. The van der Waals surface area contributed by atoms with Gasteiger partial charge < -0.3 is 5.32 Å². The van der Waals surface area contributed by atoms with Crippen molar-refractivity contribution in [3.8, 4) is 0 Å². The Balaban J connectivity index is 2.03. The molecular weight excluding hydrogens is 294 g/mol. The van der Waals surface area contributed by atoms with Gasteiger partial charge in [0.2, 0.25) is 5.91 Å². The zero-order chi connectivity index (χ0) is 16.8. The number of carbonyl (C=O) groups is 3. The summed E-state index contributed by atoms with van der Waals surface area (Å²) in [6.07, 6.45) is 0. The molecule has 0 spiro atoms. The molecule has 118 valence electrons. The molecule has 0 saturated heterocycles. The van der Waals surface area contributed by atoms with E-state index < -0.39 is 11.8 Å². The number of hydrazine groups is 1. The first-order chi connectivity index (χ1) is 11.0. The zero-order valence-electron chi connectivity index (χ0n) is 12.8. The largest absolute Gasteiger partial charge is 0.326 e. The summed E-state index contributed by atoms with van der Waals surface area (Å²) in [5, 5.41) is 2.65. The molecule has 2 aromatic carbocycles. The predicted octanol–water partition coefficient (Wildman–Crippen LogP) is 2.03. The number of benzene rings is 2. The van der Waals surface area contributed by atoms with Gasteiger partial charge in [-0.3, -0.25) is 25.2 Å². The number of rotatable bonds is 3. The van der Waals surface area contributed by atoms with Crippen LogP contribution in [0.25, 0.3) is 0 Å². The highest BCUT2D eigenvalue weighted by atomic mass is 16.2. The summed E-state index contributed by atoms with van der Waals surface area (Å²) in [6.45, 7) is 3.22. The van der Waals surface area contributed by atoms with Crippen molar-refractivity contribution in [1.82, 2.24) is 10.9 Å². The van der Waals surface area contributed by atoms with Gasteiger partial charge in [-0.1, -0.05) is 24.3 Å². The summed E-state index contributed by atoms with van der Waals surface area (Å²) in [5.41, 5.74) is 6.85. The Labute approximate surface area is 133 Å². The molecule has 0 aliphatic heterocycles. The molecule has 0 bridgehead atoms. The lowest BCUT2D eigenvalue weighted by atomic mass is 10.1. The van der Waals surface area contributed by atoms with Crippen molar-refractivity contribution in [2.75, 3.05) is 5.32 Å². The minimum Gasteiger partial charge on any atom is -0.326 e. The average molecular weight is 311 g/mol. The Morgan fingerprint density at radius 3 is 2.04 bits per heavy atom. The fraction of sp³-hybridized carbons (Fsp3) is 0.118. The van der Waals surface area contributed by atoms with E-state index >= 15 is 0 Å². The lowest BCUT2D eigenvalue weighted by molar-refractivity contribution is -0.114. The van der Waals surface area contributed by atoms with Gasteiger partial charge in [0, 0.05) is 23.7 Å². The summed E-state index contributed by atoms with van der Waals surface area (Å²) < 4.78 is 0. The van der Waals surface area contributed by atoms with Gasteiger partial charge in [0.05, 0.1) is 0 Å². The van der Waals surface area contributed by atoms with Gasteiger partial charge >= 0.3 is 0 Å². The molecule has 0 aromatic heterocycles. The Hall–Kier alpha value is -3.15. The average Bonchev–Trinajstić information content (AvgIpc) is 2.54. The van der Waals surface area contributed by atoms with Crippen LogP contribution in [-0.4, -0.2) is 17.7 Å². The first-order valence-electron chi connectivity index (χ1n) is 7.01. The van der Waals surface area contributed by atoms with E-state index in [0.717, 1.165) is 5.56 Å². The fourth-order valence-electron chi connectivity index (χ4n) is 1.93. The van der Waals surface area contributed by atoms with Gasteiger partial charge in [0.25, 0.3) is 11.8 Å². The number of aryl methyl sites for hydroxylation is 1. The van der Waals surface area contributed by atoms with E-state index in [1.807, 2.05) is 6.92 Å². The van der Waals surface area contributed by atoms with Crippen LogP contribution >= 0.6 is 0 Å². The van der Waals surface area contributed by atoms with Crippen LogP contribution in [0.15, 0.2) is 48.5 Å². The number of amides is 3. The van der Waals surface area contributed by atoms with Crippen LogP contribution in [0, 0.1) is 6.92 Å². The minimum atomic E-state index is -0.471. The molecule has 0 radical (unpaired) electrons. The van der Waals surface area contributed by atoms with E-state index in [4.69, 9.17) is 0 Å². The Kier molecular flexibility index (Phi) is 5.09. The molecule has 6 heteroatoms. The second-order valence-electron chi connectivity index (χ2n) is 4.99. The van der Waals surface area contributed by atoms with E-state index in [0.29, 0.717) is 16.8 Å². The number of hydrogen-bond acceptors (Lipinski definition) is 3. The number of carbonyl (C=O) groups excluding carboxylic acids is 3. The van der Waals surface area contributed by atoms with Crippen molar-refractivity contribution in [2.24, 2.45) is 0 Å². The van der Waals surface area contributed by atoms with Crippen LogP contribution in [0.4, 0.5) is 5.69 Å². The van der Waals surface area contributed by atoms with Crippen LogP contribution in [-0.2, 0) is 4.79 Å². The molecule has 2 rings (SSSR count). The highest BCUT2D eigenvalue weighted by molar-refractivity contribution is 6.00. The SMILES string of the molecule is CC(=O)Nc1cc(C(=O)NNC(=O)c2ccccc2)ccc1C. The predicted molar refractivity (Wildman–Crippen MR) is 86.9 cm³/mol. The molecule has 0 unspecified atom stereocenters. The summed E-state index contributed by atoms with van der Waals surface area (Å²) >= 11 is 0. The third-order valence-electron chi connectivity index (χ3n) is 3.14. The third kappa shape index (κ3) is 4.41. The van der Waals surface area contributed by atoms with Crippen molar-refractivity contribution in [1.29, 1.82) is 0 Å². The molecule has 0 atom stereocenters. The van der Waals surface area contributed by atoms with E-state index in [9.17, 15) is 14.4 Å². The molecule has 3 N–H and O–H groups in total. The zero-order valence-corrected chi connectivity index (χ0v) is 12.8. The number of hydrogen-bond donors (Lipinski definition) is 3. The van der Waals surface area contributed by atoms with Crippen molar-refractivity contribution in [3.63, 3.8) is 0 Å². The fourth-order valence-corrected chi connectivity index (χ4v) is 1.93. The van der Waals surface area contributed by atoms with Gasteiger partial charge in [-0.2, -0.15) is 0 Å². The molecule has 0 heterocycles. The van der Waals surface area contributed by atoms with Crippen molar-refractivity contribution in [2.45, 2.75) is 13.8 Å². The molecule has 3 amide bonds. The molecule has 23 heavy (non-hydrogen) atoms. The highest BCUT2D eigenvalue weighted by Gasteiger charge is 2.11. The van der Waals surface area contributed by atoms with Crippen molar-refractivity contribution in [3.05, 3.63) is 65.2 Å². The van der Waals surface area contributed by atoms with Crippen LogP contribution in [0.5, 0.6) is 0 Å². The van der Waals surface area contributed by atoms with Gasteiger partial charge in [0.15, 0.2) is 0 Å². The second-order valence-corrected chi connectivity index (χ2v) is 4.99. The normalized spacial score (nSPS) is 9.83. The molecule has 6 nitrogen and oxygen atoms in total. The van der Waals surface area contributed by atoms with Crippen molar-refractivity contribution >= 4 is 23.4 Å². The topological polar surface area (TPSA) is 87.3 Å².